The fourth-order valence-corrected chi connectivity index (χ4v) is 3.61. The minimum absolute atomic E-state index is 0. The van der Waals surface area contributed by atoms with Crippen LogP contribution in [-0.2, 0) is 6.42 Å². The van der Waals surface area contributed by atoms with Gasteiger partial charge < -0.3 is 25.4 Å². The summed E-state index contributed by atoms with van der Waals surface area (Å²) in [5.74, 6) is 2.48. The lowest BCUT2D eigenvalue weighted by atomic mass is 10.1. The highest BCUT2D eigenvalue weighted by atomic mass is 127. The van der Waals surface area contributed by atoms with E-state index in [-0.39, 0.29) is 35.8 Å². The Morgan fingerprint density at radius 2 is 2.23 bits per heavy atom. The first kappa shape index (κ1) is 24.3. The Morgan fingerprint density at radius 1 is 1.40 bits per heavy atom. The molecule has 1 aliphatic rings. The number of nitrogens with zero attached hydrogens (tertiary/aromatic N) is 3. The Bertz CT molecular complexity index is 852. The first-order valence-corrected chi connectivity index (χ1v) is 10.2. The van der Waals surface area contributed by atoms with Crippen LogP contribution in [0.5, 0.6) is 11.5 Å². The lowest BCUT2D eigenvalue weighted by Gasteiger charge is -2.20. The second-order valence-corrected chi connectivity index (χ2v) is 7.30. The number of aromatic hydroxyl groups is 1. The van der Waals surface area contributed by atoms with E-state index in [1.54, 1.807) is 19.4 Å². The molecule has 3 N–H and O–H groups in total. The Morgan fingerprint density at radius 3 is 2.93 bits per heavy atom. The number of hydrogen-bond donors (Lipinski definition) is 3. The number of rotatable bonds is 7. The van der Waals surface area contributed by atoms with E-state index in [0.717, 1.165) is 43.4 Å². The van der Waals surface area contributed by atoms with Gasteiger partial charge in [0.2, 0.25) is 0 Å². The molecule has 164 valence electrons. The van der Waals surface area contributed by atoms with Crippen molar-refractivity contribution in [1.29, 1.82) is 0 Å². The van der Waals surface area contributed by atoms with Crippen molar-refractivity contribution >= 4 is 47.4 Å². The molecule has 30 heavy (non-hydrogen) atoms. The van der Waals surface area contributed by atoms with Gasteiger partial charge in [-0.3, -0.25) is 4.99 Å². The van der Waals surface area contributed by atoms with Crippen molar-refractivity contribution in [2.45, 2.75) is 25.8 Å². The summed E-state index contributed by atoms with van der Waals surface area (Å²) in [6.45, 7) is 5.11. The molecule has 0 radical (unpaired) electrons. The van der Waals surface area contributed by atoms with Gasteiger partial charge in [0, 0.05) is 44.5 Å². The van der Waals surface area contributed by atoms with Crippen molar-refractivity contribution in [2.75, 3.05) is 38.2 Å². The molecule has 0 amide bonds. The van der Waals surface area contributed by atoms with Gasteiger partial charge in [-0.1, -0.05) is 17.7 Å². The van der Waals surface area contributed by atoms with Crippen LogP contribution >= 0.6 is 35.6 Å². The van der Waals surface area contributed by atoms with Gasteiger partial charge in [0.25, 0.3) is 0 Å². The van der Waals surface area contributed by atoms with Crippen LogP contribution in [-0.4, -0.2) is 55.4 Å². The monoisotopic (exact) mass is 545 g/mol. The minimum atomic E-state index is 0. The fourth-order valence-electron chi connectivity index (χ4n) is 3.36. The lowest BCUT2D eigenvalue weighted by Crippen LogP contribution is -2.44. The highest BCUT2D eigenvalue weighted by Gasteiger charge is 2.25. The molecule has 7 nitrogen and oxygen atoms in total. The van der Waals surface area contributed by atoms with E-state index in [9.17, 15) is 5.11 Å². The van der Waals surface area contributed by atoms with Crippen LogP contribution in [0.2, 0.25) is 5.02 Å². The third-order valence-corrected chi connectivity index (χ3v) is 5.15. The molecule has 2 heterocycles. The number of phenols is 1. The number of aromatic nitrogens is 1. The maximum Gasteiger partial charge on any atom is 0.191 e. The molecule has 0 aliphatic carbocycles. The SMILES string of the molecule is CCNC(=NCCc1ccc(OC)cc1O)NC1CCN(c2ncccc2Cl)C1.I. The summed E-state index contributed by atoms with van der Waals surface area (Å²) in [6.07, 6.45) is 3.39. The predicted molar refractivity (Wildman–Crippen MR) is 133 cm³/mol. The number of phenolic OH excluding ortho intramolecular Hbond substituents is 1. The van der Waals surface area contributed by atoms with Crippen LogP contribution in [0.3, 0.4) is 0 Å². The smallest absolute Gasteiger partial charge is 0.191 e. The summed E-state index contributed by atoms with van der Waals surface area (Å²) in [5, 5.41) is 17.6. The third kappa shape index (κ3) is 6.53. The summed E-state index contributed by atoms with van der Waals surface area (Å²) < 4.78 is 5.12. The van der Waals surface area contributed by atoms with Gasteiger partial charge in [0.15, 0.2) is 5.96 Å². The zero-order valence-corrected chi connectivity index (χ0v) is 20.4. The molecule has 2 aromatic rings. The average molecular weight is 546 g/mol. The van der Waals surface area contributed by atoms with Gasteiger partial charge in [-0.05, 0) is 43.5 Å². The predicted octanol–water partition coefficient (Wildman–Crippen LogP) is 3.44. The van der Waals surface area contributed by atoms with Gasteiger partial charge in [0.05, 0.1) is 12.1 Å². The van der Waals surface area contributed by atoms with Gasteiger partial charge >= 0.3 is 0 Å². The third-order valence-electron chi connectivity index (χ3n) is 4.86. The molecule has 9 heteroatoms. The number of aliphatic imine (C=N–C) groups is 1. The molecular weight excluding hydrogens is 517 g/mol. The van der Waals surface area contributed by atoms with E-state index in [1.807, 2.05) is 31.2 Å². The van der Waals surface area contributed by atoms with Crippen LogP contribution in [0, 0.1) is 0 Å². The van der Waals surface area contributed by atoms with E-state index in [1.165, 1.54) is 0 Å². The van der Waals surface area contributed by atoms with Crippen LogP contribution in [0.1, 0.15) is 18.9 Å². The fraction of sp³-hybridized carbons (Fsp3) is 0.429. The summed E-state index contributed by atoms with van der Waals surface area (Å²) in [4.78, 5) is 11.3. The second-order valence-electron chi connectivity index (χ2n) is 6.89. The van der Waals surface area contributed by atoms with Crippen LogP contribution in [0.4, 0.5) is 5.82 Å². The van der Waals surface area contributed by atoms with Crippen molar-refractivity contribution in [3.8, 4) is 11.5 Å². The maximum atomic E-state index is 10.1. The highest BCUT2D eigenvalue weighted by Crippen LogP contribution is 2.26. The molecule has 1 unspecified atom stereocenters. The Balaban J connectivity index is 0.00000320. The molecular formula is C21H29ClIN5O2. The molecule has 1 atom stereocenters. The minimum Gasteiger partial charge on any atom is -0.508 e. The van der Waals surface area contributed by atoms with Crippen molar-refractivity contribution in [3.63, 3.8) is 0 Å². The van der Waals surface area contributed by atoms with Crippen molar-refractivity contribution in [2.24, 2.45) is 4.99 Å². The second kappa shape index (κ2) is 12.0. The number of benzene rings is 1. The molecule has 0 spiro atoms. The number of nitrogens with one attached hydrogen (secondary N) is 2. The van der Waals surface area contributed by atoms with Crippen LogP contribution < -0.4 is 20.3 Å². The average Bonchev–Trinajstić information content (AvgIpc) is 3.17. The molecule has 0 bridgehead atoms. The summed E-state index contributed by atoms with van der Waals surface area (Å²) >= 11 is 6.28. The zero-order chi connectivity index (χ0) is 20.6. The van der Waals surface area contributed by atoms with Crippen molar-refractivity contribution in [1.82, 2.24) is 15.6 Å². The first-order chi connectivity index (χ1) is 14.1. The number of guanidine groups is 1. The molecule has 1 aromatic heterocycles. The number of pyridine rings is 1. The topological polar surface area (TPSA) is 82.0 Å². The Hall–Kier alpha value is -1.94. The lowest BCUT2D eigenvalue weighted by molar-refractivity contribution is 0.406. The number of methoxy groups -OCH3 is 1. The van der Waals surface area contributed by atoms with Gasteiger partial charge in [-0.25, -0.2) is 4.98 Å². The molecule has 1 aromatic carbocycles. The van der Waals surface area contributed by atoms with Gasteiger partial charge in [-0.15, -0.1) is 24.0 Å². The van der Waals surface area contributed by atoms with E-state index in [4.69, 9.17) is 16.3 Å². The van der Waals surface area contributed by atoms with Crippen LogP contribution in [0.25, 0.3) is 0 Å². The highest BCUT2D eigenvalue weighted by molar-refractivity contribution is 14.0. The van der Waals surface area contributed by atoms with Gasteiger partial charge in [0.1, 0.15) is 17.3 Å². The largest absolute Gasteiger partial charge is 0.508 e. The number of anilines is 1. The van der Waals surface area contributed by atoms with Crippen LogP contribution in [0.15, 0.2) is 41.5 Å². The first-order valence-electron chi connectivity index (χ1n) is 9.87. The van der Waals surface area contributed by atoms with E-state index < -0.39 is 0 Å². The number of ether oxygens (including phenoxy) is 1. The summed E-state index contributed by atoms with van der Waals surface area (Å²) in [6, 6.07) is 9.31. The Kier molecular flexibility index (Phi) is 9.77. The zero-order valence-electron chi connectivity index (χ0n) is 17.3. The van der Waals surface area contributed by atoms with E-state index >= 15 is 0 Å². The number of hydrogen-bond acceptors (Lipinski definition) is 5. The summed E-state index contributed by atoms with van der Waals surface area (Å²) in [7, 11) is 1.58. The van der Waals surface area contributed by atoms with E-state index in [0.29, 0.717) is 23.7 Å². The van der Waals surface area contributed by atoms with Crippen molar-refractivity contribution < 1.29 is 9.84 Å². The molecule has 1 aliphatic heterocycles. The summed E-state index contributed by atoms with van der Waals surface area (Å²) in [5.41, 5.74) is 0.849. The molecule has 1 fully saturated rings. The van der Waals surface area contributed by atoms with Gasteiger partial charge in [-0.2, -0.15) is 0 Å². The van der Waals surface area contributed by atoms with E-state index in [2.05, 4.69) is 25.5 Å². The quantitative estimate of drug-likeness (QED) is 0.281. The molecule has 3 rings (SSSR count). The molecule has 0 saturated carbocycles. The maximum absolute atomic E-state index is 10.1. The molecule has 1 saturated heterocycles. The van der Waals surface area contributed by atoms with Crippen molar-refractivity contribution in [3.05, 3.63) is 47.1 Å². The standard InChI is InChI=1S/C21H28ClN5O2.HI/c1-3-23-21(25-11-8-15-6-7-17(29-2)13-19(15)28)26-16-9-12-27(14-16)20-18(22)5-4-10-24-20;/h4-7,10,13,16,28H,3,8-9,11-12,14H2,1-2H3,(H2,23,25,26);1H. The Labute approximate surface area is 199 Å². The number of halogens is 2. The normalized spacial score (nSPS) is 16.2.